The van der Waals surface area contributed by atoms with Crippen molar-refractivity contribution >= 4 is 48.1 Å². The van der Waals surface area contributed by atoms with E-state index in [0.717, 1.165) is 22.7 Å². The molecule has 0 bridgehead atoms. The van der Waals surface area contributed by atoms with E-state index >= 15 is 0 Å². The largest absolute Gasteiger partial charge is 0.351 e. The first-order valence-corrected chi connectivity index (χ1v) is 9.86. The molecule has 0 fully saturated rings. The zero-order valence-corrected chi connectivity index (χ0v) is 16.1. The SMILES string of the molecule is Cc1nn(C)c(C)c1CCNC(=O)c1cc2sc3ccccc3c2s1. The van der Waals surface area contributed by atoms with Crippen LogP contribution in [0.25, 0.3) is 19.5 Å². The Morgan fingerprint density at radius 3 is 2.76 bits per heavy atom. The Morgan fingerprint density at radius 2 is 2.00 bits per heavy atom. The molecule has 25 heavy (non-hydrogen) atoms. The van der Waals surface area contributed by atoms with Crippen molar-refractivity contribution < 1.29 is 4.79 Å². The summed E-state index contributed by atoms with van der Waals surface area (Å²) in [7, 11) is 1.95. The molecule has 6 heteroatoms. The van der Waals surface area contributed by atoms with Gasteiger partial charge in [0.15, 0.2) is 0 Å². The Labute approximate surface area is 154 Å². The van der Waals surface area contributed by atoms with Gasteiger partial charge in [0.05, 0.1) is 15.3 Å². The van der Waals surface area contributed by atoms with Crippen LogP contribution in [0.4, 0.5) is 0 Å². The average Bonchev–Trinajstić information content (AvgIpc) is 3.21. The van der Waals surface area contributed by atoms with Gasteiger partial charge in [0, 0.05) is 34.1 Å². The summed E-state index contributed by atoms with van der Waals surface area (Å²) in [6.45, 7) is 4.71. The zero-order chi connectivity index (χ0) is 17.6. The maximum atomic E-state index is 12.5. The lowest BCUT2D eigenvalue weighted by Crippen LogP contribution is -2.25. The van der Waals surface area contributed by atoms with Crippen molar-refractivity contribution in [2.24, 2.45) is 7.05 Å². The maximum Gasteiger partial charge on any atom is 0.261 e. The molecule has 0 spiro atoms. The molecule has 0 saturated heterocycles. The summed E-state index contributed by atoms with van der Waals surface area (Å²) >= 11 is 3.33. The highest BCUT2D eigenvalue weighted by Crippen LogP contribution is 2.39. The summed E-state index contributed by atoms with van der Waals surface area (Å²) in [5.41, 5.74) is 3.42. The summed E-state index contributed by atoms with van der Waals surface area (Å²) in [5.74, 6) is 0.0108. The van der Waals surface area contributed by atoms with Crippen LogP contribution in [-0.2, 0) is 13.5 Å². The van der Waals surface area contributed by atoms with Crippen molar-refractivity contribution in [3.8, 4) is 0 Å². The second-order valence-corrected chi connectivity index (χ2v) is 8.32. The molecule has 1 N–H and O–H groups in total. The van der Waals surface area contributed by atoms with Crippen molar-refractivity contribution in [3.05, 3.63) is 52.2 Å². The fourth-order valence-electron chi connectivity index (χ4n) is 3.18. The van der Waals surface area contributed by atoms with Gasteiger partial charge in [-0.1, -0.05) is 18.2 Å². The van der Waals surface area contributed by atoms with E-state index in [1.807, 2.05) is 30.8 Å². The van der Waals surface area contributed by atoms with Crippen LogP contribution in [0, 0.1) is 13.8 Å². The molecule has 3 heterocycles. The predicted octanol–water partition coefficient (Wildman–Crippen LogP) is 4.44. The first-order chi connectivity index (χ1) is 12.0. The molecule has 1 aromatic carbocycles. The van der Waals surface area contributed by atoms with Gasteiger partial charge < -0.3 is 5.32 Å². The van der Waals surface area contributed by atoms with Crippen molar-refractivity contribution in [1.29, 1.82) is 0 Å². The third kappa shape index (κ3) is 2.85. The fraction of sp³-hybridized carbons (Fsp3) is 0.263. The van der Waals surface area contributed by atoms with Gasteiger partial charge in [-0.2, -0.15) is 5.10 Å². The van der Waals surface area contributed by atoms with Crippen LogP contribution in [0.5, 0.6) is 0 Å². The molecule has 0 saturated carbocycles. The number of benzene rings is 1. The monoisotopic (exact) mass is 369 g/mol. The van der Waals surface area contributed by atoms with Crippen LogP contribution < -0.4 is 5.32 Å². The molecule has 0 unspecified atom stereocenters. The first kappa shape index (κ1) is 16.3. The van der Waals surface area contributed by atoms with Crippen molar-refractivity contribution in [3.63, 3.8) is 0 Å². The molecular weight excluding hydrogens is 350 g/mol. The molecule has 0 radical (unpaired) electrons. The van der Waals surface area contributed by atoms with E-state index in [1.165, 1.54) is 25.0 Å². The molecule has 0 atom stereocenters. The smallest absolute Gasteiger partial charge is 0.261 e. The summed E-state index contributed by atoms with van der Waals surface area (Å²) in [5, 5.41) is 8.72. The van der Waals surface area contributed by atoms with Crippen molar-refractivity contribution in [2.75, 3.05) is 6.54 Å². The highest BCUT2D eigenvalue weighted by atomic mass is 32.1. The second kappa shape index (κ2) is 6.28. The van der Waals surface area contributed by atoms with E-state index in [1.54, 1.807) is 22.7 Å². The van der Waals surface area contributed by atoms with E-state index < -0.39 is 0 Å². The van der Waals surface area contributed by atoms with E-state index in [0.29, 0.717) is 6.54 Å². The molecule has 4 aromatic rings. The van der Waals surface area contributed by atoms with Gasteiger partial charge in [-0.25, -0.2) is 0 Å². The van der Waals surface area contributed by atoms with Crippen LogP contribution in [-0.4, -0.2) is 22.2 Å². The van der Waals surface area contributed by atoms with Crippen LogP contribution in [0.1, 0.15) is 26.6 Å². The van der Waals surface area contributed by atoms with E-state index in [9.17, 15) is 4.79 Å². The Balaban J connectivity index is 1.48. The van der Waals surface area contributed by atoms with Gasteiger partial charge in [0.25, 0.3) is 5.91 Å². The number of aromatic nitrogens is 2. The van der Waals surface area contributed by atoms with Gasteiger partial charge >= 0.3 is 0 Å². The first-order valence-electron chi connectivity index (χ1n) is 8.23. The molecule has 3 aromatic heterocycles. The second-order valence-electron chi connectivity index (χ2n) is 6.18. The van der Waals surface area contributed by atoms with Gasteiger partial charge in [0.2, 0.25) is 0 Å². The lowest BCUT2D eigenvalue weighted by Gasteiger charge is -2.04. The maximum absolute atomic E-state index is 12.5. The Morgan fingerprint density at radius 1 is 1.20 bits per heavy atom. The van der Waals surface area contributed by atoms with E-state index in [4.69, 9.17) is 0 Å². The third-order valence-electron chi connectivity index (χ3n) is 4.59. The van der Waals surface area contributed by atoms with Crippen molar-refractivity contribution in [1.82, 2.24) is 15.1 Å². The highest BCUT2D eigenvalue weighted by Gasteiger charge is 2.15. The standard InChI is InChI=1S/C19H19N3OS2/c1-11-13(12(2)22(3)21-11)8-9-20-19(23)17-10-16-18(25-17)14-6-4-5-7-15(14)24-16/h4-7,10H,8-9H2,1-3H3,(H,20,23). The Kier molecular flexibility index (Phi) is 4.09. The average molecular weight is 370 g/mol. The van der Waals surface area contributed by atoms with Crippen LogP contribution in [0.15, 0.2) is 30.3 Å². The van der Waals surface area contributed by atoms with Crippen LogP contribution >= 0.6 is 22.7 Å². The van der Waals surface area contributed by atoms with Gasteiger partial charge in [-0.15, -0.1) is 22.7 Å². The summed E-state index contributed by atoms with van der Waals surface area (Å²) in [6.07, 6.45) is 0.805. The number of nitrogens with zero attached hydrogens (tertiary/aromatic N) is 2. The number of hydrogen-bond donors (Lipinski definition) is 1. The molecule has 4 rings (SSSR count). The van der Waals surface area contributed by atoms with E-state index in [2.05, 4.69) is 35.5 Å². The van der Waals surface area contributed by atoms with Crippen LogP contribution in [0.2, 0.25) is 0 Å². The minimum Gasteiger partial charge on any atom is -0.351 e. The number of aryl methyl sites for hydroxylation is 2. The minimum atomic E-state index is 0.0108. The normalized spacial score (nSPS) is 11.5. The molecule has 4 nitrogen and oxygen atoms in total. The third-order valence-corrected chi connectivity index (χ3v) is 7.01. The number of nitrogens with one attached hydrogen (secondary N) is 1. The fourth-order valence-corrected chi connectivity index (χ4v) is 5.62. The molecule has 0 aliphatic heterocycles. The highest BCUT2D eigenvalue weighted by molar-refractivity contribution is 7.33. The lowest BCUT2D eigenvalue weighted by atomic mass is 10.1. The van der Waals surface area contributed by atoms with E-state index in [-0.39, 0.29) is 5.91 Å². The van der Waals surface area contributed by atoms with Crippen LogP contribution in [0.3, 0.4) is 0 Å². The topological polar surface area (TPSA) is 46.9 Å². The predicted molar refractivity (Wildman–Crippen MR) is 106 cm³/mol. The molecule has 1 amide bonds. The minimum absolute atomic E-state index is 0.0108. The quantitative estimate of drug-likeness (QED) is 0.578. The molecule has 128 valence electrons. The molecule has 0 aliphatic rings. The number of fused-ring (bicyclic) bond motifs is 3. The summed E-state index contributed by atoms with van der Waals surface area (Å²) < 4.78 is 5.57. The zero-order valence-electron chi connectivity index (χ0n) is 14.4. The number of hydrogen-bond acceptors (Lipinski definition) is 4. The van der Waals surface area contributed by atoms with Gasteiger partial charge in [-0.05, 0) is 38.0 Å². The summed E-state index contributed by atoms with van der Waals surface area (Å²) in [4.78, 5) is 13.3. The number of amides is 1. The van der Waals surface area contributed by atoms with Gasteiger partial charge in [0.1, 0.15) is 0 Å². The number of rotatable bonds is 4. The Hall–Kier alpha value is -2.18. The lowest BCUT2D eigenvalue weighted by molar-refractivity contribution is 0.0958. The molecular formula is C19H19N3OS2. The number of thiophene rings is 2. The summed E-state index contributed by atoms with van der Waals surface area (Å²) in [6, 6.07) is 10.4. The Bertz CT molecular complexity index is 1090. The van der Waals surface area contributed by atoms with Crippen molar-refractivity contribution in [2.45, 2.75) is 20.3 Å². The number of carbonyl (C=O) groups is 1. The number of carbonyl (C=O) groups excluding carboxylic acids is 1. The van der Waals surface area contributed by atoms with Gasteiger partial charge in [-0.3, -0.25) is 9.48 Å². The molecule has 0 aliphatic carbocycles.